The van der Waals surface area contributed by atoms with E-state index in [9.17, 15) is 0 Å². The van der Waals surface area contributed by atoms with Gasteiger partial charge < -0.3 is 9.47 Å². The molecule has 0 aliphatic rings. The van der Waals surface area contributed by atoms with E-state index in [0.29, 0.717) is 16.6 Å². The Labute approximate surface area is 117 Å². The van der Waals surface area contributed by atoms with Crippen LogP contribution in [0.4, 0.5) is 0 Å². The molecule has 0 bridgehead atoms. The van der Waals surface area contributed by atoms with Gasteiger partial charge >= 0.3 is 0 Å². The van der Waals surface area contributed by atoms with Gasteiger partial charge in [0, 0.05) is 5.56 Å². The lowest BCUT2D eigenvalue weighted by Crippen LogP contribution is -2.05. The number of benzene rings is 1. The highest BCUT2D eigenvalue weighted by atomic mass is 35.5. The summed E-state index contributed by atoms with van der Waals surface area (Å²) in [4.78, 5) is 8.13. The minimum absolute atomic E-state index is 0.117. The Hall–Kier alpha value is -1.81. The number of hydrogen-bond donors (Lipinski definition) is 0. The maximum absolute atomic E-state index is 6.00. The molecule has 2 aromatic rings. The van der Waals surface area contributed by atoms with Gasteiger partial charge in [-0.25, -0.2) is 9.97 Å². The van der Waals surface area contributed by atoms with Crippen molar-refractivity contribution in [3.05, 3.63) is 35.7 Å². The highest BCUT2D eigenvalue weighted by Crippen LogP contribution is 2.33. The average Bonchev–Trinajstić information content (AvgIpc) is 2.38. The lowest BCUT2D eigenvalue weighted by Gasteiger charge is -2.12. The van der Waals surface area contributed by atoms with Crippen molar-refractivity contribution in [2.45, 2.75) is 20.0 Å². The molecule has 19 heavy (non-hydrogen) atoms. The van der Waals surface area contributed by atoms with Crippen molar-refractivity contribution in [2.75, 3.05) is 7.11 Å². The van der Waals surface area contributed by atoms with Crippen molar-refractivity contribution in [3.8, 4) is 22.8 Å². The molecule has 0 aliphatic heterocycles. The third-order valence-corrected chi connectivity index (χ3v) is 2.71. The fourth-order valence-corrected chi connectivity index (χ4v) is 1.94. The number of ether oxygens (including phenoxy) is 2. The molecule has 0 fully saturated rings. The Bertz CT molecular complexity index is 573. The smallest absolute Gasteiger partial charge is 0.182 e. The largest absolute Gasteiger partial charge is 0.491 e. The van der Waals surface area contributed by atoms with E-state index in [2.05, 4.69) is 9.97 Å². The molecule has 0 aliphatic carbocycles. The molecule has 0 N–H and O–H groups in total. The summed E-state index contributed by atoms with van der Waals surface area (Å²) in [5.41, 5.74) is 1.52. The second-order valence-electron chi connectivity index (χ2n) is 4.24. The first-order valence-corrected chi connectivity index (χ1v) is 6.31. The van der Waals surface area contributed by atoms with E-state index < -0.39 is 0 Å². The Balaban J connectivity index is 2.44. The third kappa shape index (κ3) is 3.15. The molecule has 1 heterocycles. The first kappa shape index (κ1) is 13.6. The van der Waals surface area contributed by atoms with Crippen LogP contribution in [0.15, 0.2) is 30.6 Å². The van der Waals surface area contributed by atoms with Crippen molar-refractivity contribution < 1.29 is 9.47 Å². The zero-order valence-corrected chi connectivity index (χ0v) is 11.8. The molecule has 0 saturated heterocycles. The fraction of sp³-hybridized carbons (Fsp3) is 0.286. The molecule has 0 saturated carbocycles. The third-order valence-electron chi connectivity index (χ3n) is 2.44. The quantitative estimate of drug-likeness (QED) is 0.802. The first-order valence-electron chi connectivity index (χ1n) is 5.93. The number of aromatic nitrogens is 2. The van der Waals surface area contributed by atoms with Crippen molar-refractivity contribution in [1.82, 2.24) is 9.97 Å². The second kappa shape index (κ2) is 5.89. The summed E-state index contributed by atoms with van der Waals surface area (Å²) in [7, 11) is 1.54. The van der Waals surface area contributed by atoms with Gasteiger partial charge in [0.05, 0.1) is 13.2 Å². The van der Waals surface area contributed by atoms with E-state index in [1.54, 1.807) is 7.11 Å². The zero-order chi connectivity index (χ0) is 13.8. The lowest BCUT2D eigenvalue weighted by atomic mass is 10.1. The fourth-order valence-electron chi connectivity index (χ4n) is 1.73. The molecule has 100 valence electrons. The van der Waals surface area contributed by atoms with E-state index in [1.165, 1.54) is 6.33 Å². The van der Waals surface area contributed by atoms with Crippen LogP contribution in [0.5, 0.6) is 11.5 Å². The molecule has 0 amide bonds. The van der Waals surface area contributed by atoms with Gasteiger partial charge in [0.2, 0.25) is 0 Å². The molecule has 2 rings (SSSR count). The van der Waals surface area contributed by atoms with Gasteiger partial charge in [-0.2, -0.15) is 0 Å². The van der Waals surface area contributed by atoms with Crippen molar-refractivity contribution in [2.24, 2.45) is 0 Å². The predicted octanol–water partition coefficient (Wildman–Crippen LogP) is 3.59. The van der Waals surface area contributed by atoms with E-state index in [4.69, 9.17) is 21.1 Å². The van der Waals surface area contributed by atoms with Crippen LogP contribution in [0.1, 0.15) is 13.8 Å². The van der Waals surface area contributed by atoms with Crippen molar-refractivity contribution >= 4 is 11.6 Å². The van der Waals surface area contributed by atoms with E-state index in [-0.39, 0.29) is 6.10 Å². The van der Waals surface area contributed by atoms with Gasteiger partial charge in [-0.05, 0) is 26.0 Å². The lowest BCUT2D eigenvalue weighted by molar-refractivity contribution is 0.242. The number of halogens is 1. The number of hydrogen-bond acceptors (Lipinski definition) is 4. The summed E-state index contributed by atoms with van der Waals surface area (Å²) in [6.45, 7) is 3.96. The van der Waals surface area contributed by atoms with Crippen LogP contribution < -0.4 is 9.47 Å². The number of methoxy groups -OCH3 is 1. The average molecular weight is 279 g/mol. The van der Waals surface area contributed by atoms with Gasteiger partial charge in [-0.15, -0.1) is 0 Å². The highest BCUT2D eigenvalue weighted by molar-refractivity contribution is 6.31. The van der Waals surface area contributed by atoms with Crippen molar-refractivity contribution in [1.29, 1.82) is 0 Å². The molecule has 5 heteroatoms. The summed E-state index contributed by atoms with van der Waals surface area (Å²) in [6, 6.07) is 7.64. The van der Waals surface area contributed by atoms with Crippen LogP contribution in [0.25, 0.3) is 11.3 Å². The van der Waals surface area contributed by atoms with Crippen LogP contribution in [-0.4, -0.2) is 23.2 Å². The van der Waals surface area contributed by atoms with Crippen LogP contribution in [0.2, 0.25) is 5.15 Å². The molecule has 1 aromatic heterocycles. The summed E-state index contributed by atoms with van der Waals surface area (Å²) in [5.74, 6) is 1.25. The molecular formula is C14H15ClN2O2. The highest BCUT2D eigenvalue weighted by Gasteiger charge is 2.13. The number of nitrogens with zero attached hydrogens (tertiary/aromatic N) is 2. The first-order chi connectivity index (χ1) is 9.11. The standard InChI is InChI=1S/C14H15ClN2O2/c1-9(2)19-11-6-4-5-10(7-11)12-13(18-3)14(15)17-8-16-12/h4-9H,1-3H3. The topological polar surface area (TPSA) is 44.2 Å². The molecule has 0 radical (unpaired) electrons. The maximum atomic E-state index is 6.00. The summed E-state index contributed by atoms with van der Waals surface area (Å²) in [6.07, 6.45) is 1.53. The van der Waals surface area contributed by atoms with E-state index in [1.807, 2.05) is 38.1 Å². The van der Waals surface area contributed by atoms with Gasteiger partial charge in [0.25, 0.3) is 0 Å². The summed E-state index contributed by atoms with van der Waals surface area (Å²) >= 11 is 6.00. The van der Waals surface area contributed by atoms with Crippen molar-refractivity contribution in [3.63, 3.8) is 0 Å². The normalized spacial score (nSPS) is 10.6. The molecule has 0 atom stereocenters. The Morgan fingerprint density at radius 3 is 2.68 bits per heavy atom. The van der Waals surface area contributed by atoms with Crippen LogP contribution in [0, 0.1) is 0 Å². The van der Waals surface area contributed by atoms with Crippen LogP contribution in [0.3, 0.4) is 0 Å². The van der Waals surface area contributed by atoms with Gasteiger partial charge in [0.1, 0.15) is 17.8 Å². The summed E-state index contributed by atoms with van der Waals surface area (Å²) in [5, 5.41) is 0.294. The molecule has 1 aromatic carbocycles. The zero-order valence-electron chi connectivity index (χ0n) is 11.1. The van der Waals surface area contributed by atoms with Crippen LogP contribution >= 0.6 is 11.6 Å². The number of rotatable bonds is 4. The monoisotopic (exact) mass is 278 g/mol. The predicted molar refractivity (Wildman–Crippen MR) is 74.8 cm³/mol. The van der Waals surface area contributed by atoms with Crippen LogP contribution in [-0.2, 0) is 0 Å². The minimum Gasteiger partial charge on any atom is -0.491 e. The Morgan fingerprint density at radius 1 is 1.21 bits per heavy atom. The van der Waals surface area contributed by atoms with E-state index >= 15 is 0 Å². The SMILES string of the molecule is COc1c(Cl)ncnc1-c1cccc(OC(C)C)c1. The summed E-state index contributed by atoms with van der Waals surface area (Å²) < 4.78 is 10.9. The van der Waals surface area contributed by atoms with Gasteiger partial charge in [-0.3, -0.25) is 0 Å². The molecule has 0 spiro atoms. The Kier molecular flexibility index (Phi) is 4.22. The Morgan fingerprint density at radius 2 is 2.00 bits per heavy atom. The maximum Gasteiger partial charge on any atom is 0.182 e. The molecule has 4 nitrogen and oxygen atoms in total. The molecular weight excluding hydrogens is 264 g/mol. The van der Waals surface area contributed by atoms with E-state index in [0.717, 1.165) is 11.3 Å². The second-order valence-corrected chi connectivity index (χ2v) is 4.60. The van der Waals surface area contributed by atoms with Gasteiger partial charge in [-0.1, -0.05) is 23.7 Å². The minimum atomic E-state index is 0.117. The van der Waals surface area contributed by atoms with Gasteiger partial charge in [0.15, 0.2) is 10.9 Å². The molecule has 0 unspecified atom stereocenters.